The van der Waals surface area contributed by atoms with Gasteiger partial charge in [0.15, 0.2) is 0 Å². The summed E-state index contributed by atoms with van der Waals surface area (Å²) >= 11 is 0. The number of nitriles is 1. The van der Waals surface area contributed by atoms with Crippen LogP contribution in [-0.4, -0.2) is 18.8 Å². The van der Waals surface area contributed by atoms with Gasteiger partial charge in [-0.2, -0.15) is 18.4 Å². The average Bonchev–Trinajstić information content (AvgIpc) is 2.54. The molecule has 2 rings (SSSR count). The molecule has 0 aliphatic carbocycles. The monoisotopic (exact) mass is 390 g/mol. The topological polar surface area (TPSA) is 110 Å². The minimum Gasteiger partial charge on any atom is -0.449 e. The summed E-state index contributed by atoms with van der Waals surface area (Å²) in [5, 5.41) is 20.0. The largest absolute Gasteiger partial charge is 0.501 e. The first-order valence-electron chi connectivity index (χ1n) is 6.45. The van der Waals surface area contributed by atoms with Crippen LogP contribution in [0.1, 0.15) is 5.56 Å². The van der Waals surface area contributed by atoms with E-state index in [0.717, 1.165) is 18.2 Å². The molecule has 0 aromatic heterocycles. The molecule has 12 heteroatoms. The highest BCUT2D eigenvalue weighted by molar-refractivity contribution is 7.92. The highest BCUT2D eigenvalue weighted by atomic mass is 32.2. The summed E-state index contributed by atoms with van der Waals surface area (Å²) < 4.78 is 79.0. The van der Waals surface area contributed by atoms with Crippen molar-refractivity contribution in [1.82, 2.24) is 0 Å². The molecule has 0 unspecified atom stereocenters. The van der Waals surface area contributed by atoms with Crippen molar-refractivity contribution in [2.45, 2.75) is 10.4 Å². The van der Waals surface area contributed by atoms with E-state index in [2.05, 4.69) is 0 Å². The Morgan fingerprint density at radius 3 is 2.35 bits per heavy atom. The SMILES string of the molecule is N#Cc1c(F)cccc1Oc1ccc(S(=O)(=O)C(F)(F)F)cc1[N+](=O)[O-]. The summed E-state index contributed by atoms with van der Waals surface area (Å²) in [6.45, 7) is 0. The number of nitro groups is 1. The molecule has 2 aromatic carbocycles. The van der Waals surface area contributed by atoms with E-state index in [1.165, 1.54) is 6.07 Å². The maximum atomic E-state index is 13.5. The van der Waals surface area contributed by atoms with Crippen molar-refractivity contribution in [3.8, 4) is 17.6 Å². The van der Waals surface area contributed by atoms with Gasteiger partial charge in [-0.3, -0.25) is 10.1 Å². The minimum absolute atomic E-state index is 0.170. The smallest absolute Gasteiger partial charge is 0.449 e. The van der Waals surface area contributed by atoms with Gasteiger partial charge in [-0.15, -0.1) is 0 Å². The molecule has 0 saturated carbocycles. The second kappa shape index (κ2) is 6.60. The third-order valence-corrected chi connectivity index (χ3v) is 4.53. The molecule has 0 radical (unpaired) electrons. The van der Waals surface area contributed by atoms with Crippen LogP contribution < -0.4 is 4.74 Å². The molecule has 26 heavy (non-hydrogen) atoms. The number of nitrogens with zero attached hydrogens (tertiary/aromatic N) is 2. The van der Waals surface area contributed by atoms with Crippen LogP contribution in [0.25, 0.3) is 0 Å². The fourth-order valence-corrected chi connectivity index (χ4v) is 2.62. The third-order valence-electron chi connectivity index (χ3n) is 3.05. The van der Waals surface area contributed by atoms with E-state index in [-0.39, 0.29) is 6.07 Å². The van der Waals surface area contributed by atoms with Gasteiger partial charge in [0.05, 0.1) is 9.82 Å². The number of alkyl halides is 3. The Bertz CT molecular complexity index is 1030. The van der Waals surface area contributed by atoms with E-state index in [1.54, 1.807) is 0 Å². The van der Waals surface area contributed by atoms with Gasteiger partial charge in [0.25, 0.3) is 9.84 Å². The van der Waals surface area contributed by atoms with Crippen molar-refractivity contribution < 1.29 is 35.6 Å². The lowest BCUT2D eigenvalue weighted by atomic mass is 10.2. The van der Waals surface area contributed by atoms with E-state index >= 15 is 0 Å². The van der Waals surface area contributed by atoms with Gasteiger partial charge in [-0.1, -0.05) is 6.07 Å². The molecule has 0 spiro atoms. The predicted octanol–water partition coefficient (Wildman–Crippen LogP) is 3.69. The van der Waals surface area contributed by atoms with Crippen LogP contribution in [0.4, 0.5) is 23.2 Å². The second-order valence-corrected chi connectivity index (χ2v) is 6.60. The van der Waals surface area contributed by atoms with Gasteiger partial charge in [0, 0.05) is 6.07 Å². The summed E-state index contributed by atoms with van der Waals surface area (Å²) in [7, 11) is -5.81. The highest BCUT2D eigenvalue weighted by Gasteiger charge is 2.47. The van der Waals surface area contributed by atoms with E-state index in [9.17, 15) is 36.1 Å². The van der Waals surface area contributed by atoms with Crippen molar-refractivity contribution in [3.63, 3.8) is 0 Å². The maximum Gasteiger partial charge on any atom is 0.501 e. The Labute approximate surface area is 143 Å². The third kappa shape index (κ3) is 3.42. The lowest BCUT2D eigenvalue weighted by Gasteiger charge is -2.11. The Kier molecular flexibility index (Phi) is 4.86. The van der Waals surface area contributed by atoms with Gasteiger partial charge in [0.1, 0.15) is 23.2 Å². The quantitative estimate of drug-likeness (QED) is 0.447. The summed E-state index contributed by atoms with van der Waals surface area (Å²) in [6, 6.07) is 5.88. The van der Waals surface area contributed by atoms with Gasteiger partial charge in [0.2, 0.25) is 5.75 Å². The number of rotatable bonds is 4. The molecule has 0 saturated heterocycles. The van der Waals surface area contributed by atoms with Crippen LogP contribution in [0.2, 0.25) is 0 Å². The van der Waals surface area contributed by atoms with Crippen molar-refractivity contribution in [1.29, 1.82) is 5.26 Å². The molecule has 2 aromatic rings. The van der Waals surface area contributed by atoms with Crippen LogP contribution in [0.5, 0.6) is 11.5 Å². The molecule has 7 nitrogen and oxygen atoms in total. The van der Waals surface area contributed by atoms with Gasteiger partial charge in [-0.05, 0) is 24.3 Å². The molecule has 0 atom stereocenters. The molecule has 0 fully saturated rings. The second-order valence-electron chi connectivity index (χ2n) is 4.66. The lowest BCUT2D eigenvalue weighted by Crippen LogP contribution is -2.23. The number of halogens is 4. The highest BCUT2D eigenvalue weighted by Crippen LogP contribution is 2.38. The van der Waals surface area contributed by atoms with Crippen LogP contribution in [-0.2, 0) is 9.84 Å². The van der Waals surface area contributed by atoms with Crippen molar-refractivity contribution in [2.75, 3.05) is 0 Å². The van der Waals surface area contributed by atoms with E-state index < -0.39 is 53.7 Å². The lowest BCUT2D eigenvalue weighted by molar-refractivity contribution is -0.385. The molecular formula is C14H6F4N2O5S. The number of benzene rings is 2. The summed E-state index contributed by atoms with van der Waals surface area (Å²) in [4.78, 5) is 8.54. The molecule has 0 N–H and O–H groups in total. The molecule has 0 heterocycles. The summed E-state index contributed by atoms with van der Waals surface area (Å²) in [5.41, 5.74) is -7.35. The Morgan fingerprint density at radius 2 is 1.81 bits per heavy atom. The van der Waals surface area contributed by atoms with Crippen molar-refractivity contribution in [2.24, 2.45) is 0 Å². The number of hydrogen-bond donors (Lipinski definition) is 0. The first-order valence-corrected chi connectivity index (χ1v) is 7.93. The summed E-state index contributed by atoms with van der Waals surface area (Å²) in [6.07, 6.45) is 0. The van der Waals surface area contributed by atoms with Gasteiger partial charge in [-0.25, -0.2) is 12.8 Å². The molecule has 0 aliphatic heterocycles. The van der Waals surface area contributed by atoms with E-state index in [0.29, 0.717) is 12.1 Å². The van der Waals surface area contributed by atoms with Crippen LogP contribution in [0.3, 0.4) is 0 Å². The molecule has 0 amide bonds. The first-order chi connectivity index (χ1) is 12.0. The first kappa shape index (κ1) is 19.1. The van der Waals surface area contributed by atoms with Crippen LogP contribution >= 0.6 is 0 Å². The zero-order valence-corrected chi connectivity index (χ0v) is 13.1. The standard InChI is InChI=1S/C14H6F4N2O5S/c15-10-2-1-3-12(9(10)7-19)25-13-5-4-8(6-11(13)20(21)22)26(23,24)14(16,17)18/h1-6H. The van der Waals surface area contributed by atoms with E-state index in [1.807, 2.05) is 0 Å². The Morgan fingerprint density at radius 1 is 1.15 bits per heavy atom. The molecule has 0 aliphatic rings. The van der Waals surface area contributed by atoms with Crippen molar-refractivity contribution >= 4 is 15.5 Å². The van der Waals surface area contributed by atoms with Crippen LogP contribution in [0, 0.1) is 27.3 Å². The minimum atomic E-state index is -5.81. The Hall–Kier alpha value is -3.20. The molecule has 136 valence electrons. The maximum absolute atomic E-state index is 13.5. The zero-order valence-electron chi connectivity index (χ0n) is 12.3. The summed E-state index contributed by atoms with van der Waals surface area (Å²) in [5.74, 6) is -2.08. The normalized spacial score (nSPS) is 11.7. The number of hydrogen-bond acceptors (Lipinski definition) is 6. The Balaban J connectivity index is 2.58. The van der Waals surface area contributed by atoms with Crippen molar-refractivity contribution in [3.05, 3.63) is 57.9 Å². The number of nitro benzene ring substituents is 1. The average molecular weight is 390 g/mol. The molecular weight excluding hydrogens is 384 g/mol. The fraction of sp³-hybridized carbons (Fsp3) is 0.0714. The van der Waals surface area contributed by atoms with Gasteiger partial charge < -0.3 is 4.74 Å². The number of sulfone groups is 1. The number of ether oxygens (including phenoxy) is 1. The van der Waals surface area contributed by atoms with Gasteiger partial charge >= 0.3 is 11.2 Å². The van der Waals surface area contributed by atoms with Crippen LogP contribution in [0.15, 0.2) is 41.3 Å². The fourth-order valence-electron chi connectivity index (χ4n) is 1.84. The van der Waals surface area contributed by atoms with E-state index in [4.69, 9.17) is 10.00 Å². The molecule has 0 bridgehead atoms. The zero-order chi connectivity index (χ0) is 19.7. The predicted molar refractivity (Wildman–Crippen MR) is 77.5 cm³/mol.